The second-order valence-corrected chi connectivity index (χ2v) is 10.8. The lowest BCUT2D eigenvalue weighted by Gasteiger charge is -2.23. The van der Waals surface area contributed by atoms with Crippen LogP contribution in [0.3, 0.4) is 0 Å². The van der Waals surface area contributed by atoms with Gasteiger partial charge in [0, 0.05) is 54.2 Å². The van der Waals surface area contributed by atoms with E-state index in [1.165, 1.54) is 12.8 Å². The van der Waals surface area contributed by atoms with E-state index in [4.69, 9.17) is 25.2 Å². The third kappa shape index (κ3) is 4.50. The van der Waals surface area contributed by atoms with Crippen LogP contribution < -0.4 is 20.5 Å². The third-order valence-electron chi connectivity index (χ3n) is 8.21. The van der Waals surface area contributed by atoms with E-state index in [9.17, 15) is 4.79 Å². The van der Waals surface area contributed by atoms with Gasteiger partial charge < -0.3 is 25.1 Å². The molecule has 1 atom stereocenters. The topological polar surface area (TPSA) is 134 Å². The van der Waals surface area contributed by atoms with E-state index < -0.39 is 5.91 Å². The zero-order valence-electron chi connectivity index (χ0n) is 23.6. The van der Waals surface area contributed by atoms with Crippen LogP contribution in [0.4, 0.5) is 5.82 Å². The Morgan fingerprint density at radius 2 is 1.83 bits per heavy atom. The normalized spacial score (nSPS) is 16.3. The summed E-state index contributed by atoms with van der Waals surface area (Å²) in [6.07, 6.45) is 8.06. The number of hydrogen-bond acceptors (Lipinski definition) is 8. The molecule has 1 fully saturated rings. The van der Waals surface area contributed by atoms with Crippen molar-refractivity contribution in [1.29, 1.82) is 0 Å². The molecule has 0 radical (unpaired) electrons. The predicted octanol–water partition coefficient (Wildman–Crippen LogP) is 4.52. The maximum absolute atomic E-state index is 11.8. The molecule has 0 saturated heterocycles. The quantitative estimate of drug-likeness (QED) is 0.267. The number of methoxy groups -OCH3 is 2. The Bertz CT molecular complexity index is 1790. The van der Waals surface area contributed by atoms with Crippen LogP contribution in [0.2, 0.25) is 0 Å². The number of primary amides is 1. The summed E-state index contributed by atoms with van der Waals surface area (Å²) >= 11 is 0. The van der Waals surface area contributed by atoms with E-state index >= 15 is 0 Å². The van der Waals surface area contributed by atoms with Gasteiger partial charge >= 0.3 is 0 Å². The Morgan fingerprint density at radius 3 is 2.57 bits per heavy atom. The summed E-state index contributed by atoms with van der Waals surface area (Å²) in [6.45, 7) is 1.41. The first-order chi connectivity index (χ1) is 20.6. The van der Waals surface area contributed by atoms with Crippen LogP contribution >= 0.6 is 0 Å². The molecule has 42 heavy (non-hydrogen) atoms. The van der Waals surface area contributed by atoms with Gasteiger partial charge in [0.1, 0.15) is 40.2 Å². The first-order valence-corrected chi connectivity index (χ1v) is 14.2. The lowest BCUT2D eigenvalue weighted by Crippen LogP contribution is -2.20. The Balaban J connectivity index is 1.33. The number of fused-ring (bicyclic) bond motifs is 2. The van der Waals surface area contributed by atoms with Gasteiger partial charge in [0.05, 0.1) is 20.1 Å². The molecular formula is C31H32N8O3. The van der Waals surface area contributed by atoms with Crippen LogP contribution in [-0.4, -0.2) is 49.3 Å². The molecule has 2 aliphatic rings. The highest BCUT2D eigenvalue weighted by Gasteiger charge is 2.36. The zero-order valence-corrected chi connectivity index (χ0v) is 23.6. The van der Waals surface area contributed by atoms with E-state index in [0.29, 0.717) is 23.8 Å². The number of amides is 1. The number of rotatable bonds is 9. The van der Waals surface area contributed by atoms with Crippen LogP contribution in [0, 0.1) is 0 Å². The second-order valence-electron chi connectivity index (χ2n) is 10.8. The van der Waals surface area contributed by atoms with E-state index in [0.717, 1.165) is 70.7 Å². The van der Waals surface area contributed by atoms with Crippen molar-refractivity contribution in [3.8, 4) is 22.8 Å². The Kier molecular flexibility index (Phi) is 6.49. The highest BCUT2D eigenvalue weighted by molar-refractivity contribution is 5.94. The van der Waals surface area contributed by atoms with Crippen LogP contribution in [0.5, 0.6) is 11.5 Å². The molecule has 3 N–H and O–H groups in total. The van der Waals surface area contributed by atoms with E-state index in [1.54, 1.807) is 32.5 Å². The molecule has 1 aliphatic heterocycles. The number of carbonyl (C=O) groups excluding carboxylic acids is 1. The molecule has 0 bridgehead atoms. The highest BCUT2D eigenvalue weighted by Crippen LogP contribution is 2.43. The highest BCUT2D eigenvalue weighted by atomic mass is 16.5. The molecule has 1 saturated carbocycles. The minimum absolute atomic E-state index is 0.0122. The number of carbonyl (C=O) groups is 1. The van der Waals surface area contributed by atoms with Gasteiger partial charge in [0.2, 0.25) is 5.91 Å². The molecule has 214 valence electrons. The van der Waals surface area contributed by atoms with Crippen LogP contribution in [0.25, 0.3) is 16.8 Å². The van der Waals surface area contributed by atoms with E-state index in [2.05, 4.69) is 24.5 Å². The minimum atomic E-state index is -0.470. The van der Waals surface area contributed by atoms with Crippen molar-refractivity contribution < 1.29 is 14.3 Å². The first kappa shape index (κ1) is 26.0. The largest absolute Gasteiger partial charge is 0.497 e. The second kappa shape index (κ2) is 10.5. The van der Waals surface area contributed by atoms with E-state index in [1.807, 2.05) is 36.5 Å². The number of nitrogens with two attached hydrogens (primary N) is 1. The monoisotopic (exact) mass is 564 g/mol. The fraction of sp³-hybridized carbons (Fsp3) is 0.323. The van der Waals surface area contributed by atoms with Crippen molar-refractivity contribution in [2.24, 2.45) is 5.73 Å². The summed E-state index contributed by atoms with van der Waals surface area (Å²) < 4.78 is 15.4. The fourth-order valence-electron chi connectivity index (χ4n) is 5.89. The van der Waals surface area contributed by atoms with Gasteiger partial charge in [-0.15, -0.1) is 10.2 Å². The van der Waals surface area contributed by atoms with Gasteiger partial charge in [0.25, 0.3) is 0 Å². The molecule has 7 rings (SSSR count). The van der Waals surface area contributed by atoms with Gasteiger partial charge in [-0.1, -0.05) is 12.1 Å². The maximum Gasteiger partial charge on any atom is 0.248 e. The van der Waals surface area contributed by atoms with Crippen LogP contribution in [0.1, 0.15) is 70.9 Å². The number of hydrogen-bond donors (Lipinski definition) is 2. The van der Waals surface area contributed by atoms with Crippen molar-refractivity contribution in [3.63, 3.8) is 0 Å². The fourth-order valence-corrected chi connectivity index (χ4v) is 5.89. The lowest BCUT2D eigenvalue weighted by molar-refractivity contribution is 0.100. The number of ether oxygens (including phenoxy) is 2. The molecule has 5 aromatic rings. The number of aromatic nitrogens is 6. The third-order valence-corrected chi connectivity index (χ3v) is 8.21. The molecule has 0 spiro atoms. The van der Waals surface area contributed by atoms with Crippen molar-refractivity contribution in [2.45, 2.75) is 50.6 Å². The lowest BCUT2D eigenvalue weighted by atomic mass is 9.97. The molecule has 3 aromatic heterocycles. The van der Waals surface area contributed by atoms with E-state index in [-0.39, 0.29) is 5.92 Å². The Morgan fingerprint density at radius 1 is 1.02 bits per heavy atom. The number of nitrogens with zero attached hydrogens (tertiary/aromatic N) is 6. The van der Waals surface area contributed by atoms with Gasteiger partial charge in [0.15, 0.2) is 5.82 Å². The summed E-state index contributed by atoms with van der Waals surface area (Å²) in [5.74, 6) is 5.14. The molecule has 4 heterocycles. The van der Waals surface area contributed by atoms with Crippen molar-refractivity contribution in [2.75, 3.05) is 19.5 Å². The van der Waals surface area contributed by atoms with Gasteiger partial charge in [-0.25, -0.2) is 9.97 Å². The predicted molar refractivity (Wildman–Crippen MR) is 157 cm³/mol. The van der Waals surface area contributed by atoms with Crippen LogP contribution in [0.15, 0.2) is 54.9 Å². The molecule has 0 unspecified atom stereocenters. The summed E-state index contributed by atoms with van der Waals surface area (Å²) in [4.78, 5) is 21.7. The van der Waals surface area contributed by atoms with Crippen LogP contribution in [-0.2, 0) is 13.1 Å². The molecule has 2 aromatic carbocycles. The van der Waals surface area contributed by atoms with Crippen molar-refractivity contribution >= 4 is 17.2 Å². The molecule has 1 aliphatic carbocycles. The summed E-state index contributed by atoms with van der Waals surface area (Å²) in [6, 6.07) is 13.0. The summed E-state index contributed by atoms with van der Waals surface area (Å²) in [7, 11) is 3.28. The summed E-state index contributed by atoms with van der Waals surface area (Å²) in [5, 5.41) is 12.8. The number of anilines is 1. The SMILES string of the molecule is COc1ccc(CNc2nccn3c([C@@H]4CCCn5c(C6CC6)nnc54)nc(-c4ccc(C(N)=O)cc4)c23)c(OC)c1. The average molecular weight is 565 g/mol. The molecule has 11 nitrogen and oxygen atoms in total. The minimum Gasteiger partial charge on any atom is -0.497 e. The Labute approximate surface area is 242 Å². The number of benzene rings is 2. The van der Waals surface area contributed by atoms with Gasteiger partial charge in [-0.05, 0) is 49.9 Å². The Hall–Kier alpha value is -4.93. The molecular weight excluding hydrogens is 532 g/mol. The first-order valence-electron chi connectivity index (χ1n) is 14.2. The molecule has 11 heteroatoms. The van der Waals surface area contributed by atoms with Crippen molar-refractivity contribution in [1.82, 2.24) is 29.1 Å². The smallest absolute Gasteiger partial charge is 0.248 e. The number of imidazole rings is 1. The molecule has 1 amide bonds. The zero-order chi connectivity index (χ0) is 28.8. The van der Waals surface area contributed by atoms with Crippen molar-refractivity contribution in [3.05, 3.63) is 83.5 Å². The van der Waals surface area contributed by atoms with Gasteiger partial charge in [-0.2, -0.15) is 0 Å². The average Bonchev–Trinajstić information content (AvgIpc) is 3.65. The van der Waals surface area contributed by atoms with Gasteiger partial charge in [-0.3, -0.25) is 9.20 Å². The summed E-state index contributed by atoms with van der Waals surface area (Å²) in [5.41, 5.74) is 9.38. The number of nitrogens with one attached hydrogen (secondary N) is 1. The standard InChI is InChI=1S/C31H32N8O3/c1-41-22-12-11-21(24(16-22)42-2)17-34-28-26-25(18-5-7-19(8-6-18)27(32)40)35-30(38(26)15-13-33-28)23-4-3-14-39-29(20-9-10-20)36-37-31(23)39/h5-8,11-13,15-16,20,23H,3-4,9-10,14,17H2,1-2H3,(H2,32,40)(H,33,34)/t23-/m0/s1. The maximum atomic E-state index is 11.8.